The number of nitrogens with zero attached hydrogens (tertiary/aromatic N) is 3. The first-order chi connectivity index (χ1) is 23.7. The van der Waals surface area contributed by atoms with E-state index in [9.17, 15) is 18.0 Å². The molecule has 4 aromatic rings. The number of benzene rings is 4. The molecule has 18 heteroatoms. The maximum Gasteiger partial charge on any atom is 0.285 e. The topological polar surface area (TPSA) is 56.3 Å². The quantitative estimate of drug-likeness (QED) is 0.0514. The van der Waals surface area contributed by atoms with Crippen molar-refractivity contribution in [3.63, 3.8) is 0 Å². The van der Waals surface area contributed by atoms with E-state index in [-0.39, 0.29) is 58.9 Å². The van der Waals surface area contributed by atoms with E-state index in [2.05, 4.69) is 78.7 Å². The summed E-state index contributed by atoms with van der Waals surface area (Å²) in [5.41, 5.74) is 1.20. The van der Waals surface area contributed by atoms with Crippen LogP contribution in [0.5, 0.6) is 11.5 Å². The van der Waals surface area contributed by atoms with Gasteiger partial charge in [0.25, 0.3) is 10.4 Å². The number of phenols is 1. The van der Waals surface area contributed by atoms with Gasteiger partial charge >= 0.3 is 0 Å². The predicted octanol–water partition coefficient (Wildman–Crippen LogP) is 11.6. The van der Waals surface area contributed by atoms with Crippen LogP contribution >= 0.6 is 108 Å². The summed E-state index contributed by atoms with van der Waals surface area (Å²) in [5, 5.41) is 8.97. The van der Waals surface area contributed by atoms with Gasteiger partial charge in [-0.3, -0.25) is 4.79 Å². The number of aryl methyl sites for hydroxylation is 1. The zero-order chi connectivity index (χ0) is 39.4. The second kappa shape index (κ2) is 28.4. The fourth-order valence-electron chi connectivity index (χ4n) is 2.47. The number of carbonyl (C=O) groups is 1. The number of thioether (sulfide) groups is 1. The van der Waals surface area contributed by atoms with Gasteiger partial charge in [0.15, 0.2) is 4.45 Å². The Hall–Kier alpha value is -0.998. The van der Waals surface area contributed by atoms with Crippen LogP contribution in [0.1, 0.15) is 5.56 Å². The minimum absolute atomic E-state index is 0. The van der Waals surface area contributed by atoms with Crippen molar-refractivity contribution in [3.05, 3.63) is 115 Å². The Labute approximate surface area is 378 Å². The van der Waals surface area contributed by atoms with Crippen LogP contribution in [-0.2, 0) is 0 Å². The monoisotopic (exact) mass is 1230 g/mol. The number of rotatable bonds is 2. The minimum atomic E-state index is -0.435. The van der Waals surface area contributed by atoms with Crippen molar-refractivity contribution < 1.29 is 58.9 Å². The van der Waals surface area contributed by atoms with Crippen LogP contribution in [0.4, 0.5) is 18.0 Å². The molecule has 1 amide bonds. The zero-order valence-corrected chi connectivity index (χ0v) is 41.9. The van der Waals surface area contributed by atoms with Crippen molar-refractivity contribution in [2.45, 2.75) is 16.7 Å². The number of hydrogen-bond acceptors (Lipinski definition) is 7. The van der Waals surface area contributed by atoms with E-state index in [4.69, 9.17) is 33.7 Å². The number of ether oxygens (including phenoxy) is 1. The maximum atomic E-state index is 12.8. The molecule has 0 spiro atoms. The Morgan fingerprint density at radius 1 is 0.827 bits per heavy atom. The number of halogens is 7. The van der Waals surface area contributed by atoms with Crippen LogP contribution in [0.2, 0.25) is 0 Å². The molecule has 52 heavy (non-hydrogen) atoms. The molecule has 0 aliphatic rings. The smallest absolute Gasteiger partial charge is 0.285 e. The Bertz CT molecular complexity index is 1660. The van der Waals surface area contributed by atoms with Crippen LogP contribution in [-0.4, -0.2) is 77.0 Å². The molecule has 282 valence electrons. The Morgan fingerprint density at radius 3 is 1.71 bits per heavy atom. The summed E-state index contributed by atoms with van der Waals surface area (Å²) in [6.07, 6.45) is 0. The number of thiocarbonyl (C=S) groups is 2. The summed E-state index contributed by atoms with van der Waals surface area (Å²) >= 11 is 29.4. The van der Waals surface area contributed by atoms with Crippen LogP contribution in [0, 0.1) is 61.6 Å². The molecule has 0 aliphatic carbocycles. The third-order valence-electron chi connectivity index (χ3n) is 5.22. The summed E-state index contributed by atoms with van der Waals surface area (Å²) < 4.78 is 45.4. The second-order valence-electron chi connectivity index (χ2n) is 10.1. The standard InChI is InChI=1S/2C9H9BrFNOS.C7H7S.C6H4BrFO.C3H6ClNS.U/c1-12(2)9(13)14-8-5-6(11)3-4-7(8)10;1-12(2)9(14)13-8-5-6(11)3-4-7(8)10;1-6-4-2-3-5-7(6)8;7-5-2-1-4(8)3-6(5)9;1-5(2)3(4)6;/h2*3-5H,1-2H3;2,4-5,8H,1H3;1-3,9H;1-2H3;/q;;-1;;;. The first-order valence-electron chi connectivity index (χ1n) is 14.0. The number of phenolic OH excluding ortho intramolecular Hbond substituents is 1. The van der Waals surface area contributed by atoms with Gasteiger partial charge in [-0.05, 0) is 126 Å². The van der Waals surface area contributed by atoms with Crippen LogP contribution in [0.25, 0.3) is 0 Å². The van der Waals surface area contributed by atoms with Crippen LogP contribution in [0.3, 0.4) is 0 Å². The minimum Gasteiger partial charge on any atom is -0.507 e. The number of carbonyl (C=O) groups excluding carboxylic acids is 1. The van der Waals surface area contributed by atoms with Crippen molar-refractivity contribution >= 4 is 123 Å². The van der Waals surface area contributed by atoms with Gasteiger partial charge in [-0.2, -0.15) is 24.3 Å². The Balaban J connectivity index is 0. The third kappa shape index (κ3) is 23.7. The summed E-state index contributed by atoms with van der Waals surface area (Å²) in [6, 6.07) is 20.9. The van der Waals surface area contributed by atoms with Crippen molar-refractivity contribution in [1.82, 2.24) is 14.7 Å². The maximum absolute atomic E-state index is 12.8. The summed E-state index contributed by atoms with van der Waals surface area (Å²) in [4.78, 5) is 17.7. The van der Waals surface area contributed by atoms with E-state index in [0.29, 0.717) is 24.0 Å². The summed E-state index contributed by atoms with van der Waals surface area (Å²) in [6.45, 7) is 2.02. The van der Waals surface area contributed by atoms with Crippen LogP contribution in [0.15, 0.2) is 96.0 Å². The van der Waals surface area contributed by atoms with Crippen molar-refractivity contribution in [2.75, 3.05) is 42.3 Å². The number of hydrogen-bond donors (Lipinski definition) is 2. The van der Waals surface area contributed by atoms with E-state index in [1.54, 1.807) is 64.2 Å². The second-order valence-corrected chi connectivity index (χ2v) is 15.5. The van der Waals surface area contributed by atoms with Gasteiger partial charge in [0.1, 0.15) is 29.0 Å². The van der Waals surface area contributed by atoms with Crippen LogP contribution < -0.4 is 4.74 Å². The number of aromatic hydroxyl groups is 1. The van der Waals surface area contributed by atoms with Gasteiger partial charge in [-0.15, -0.1) is 10.5 Å². The SMILES string of the molecule is CN(C)C(=O)Sc1cc(F)ccc1Br.CN(C)C(=S)Cl.CN(C)C(=S)Oc1cc(F)ccc1Br.Cc1cc[c-]cc1S.Oc1cc(F)ccc1Br.[U]. The Kier molecular flexibility index (Phi) is 29.0. The predicted molar refractivity (Wildman–Crippen MR) is 225 cm³/mol. The summed E-state index contributed by atoms with van der Waals surface area (Å²) in [5.74, 6) is -0.832. The molecule has 4 aromatic carbocycles. The fourth-order valence-corrected chi connectivity index (χ4v) is 4.48. The third-order valence-corrected chi connectivity index (χ3v) is 10.2. The van der Waals surface area contributed by atoms with E-state index in [0.717, 1.165) is 27.2 Å². The Morgan fingerprint density at radius 2 is 1.31 bits per heavy atom. The molecular weight excluding hydrogens is 1200 g/mol. The molecule has 0 unspecified atom stereocenters. The number of thiol groups is 1. The fraction of sp³-hybridized carbons (Fsp3) is 0.206. The molecule has 0 aromatic heterocycles. The summed E-state index contributed by atoms with van der Waals surface area (Å²) in [7, 11) is 10.4. The van der Waals surface area contributed by atoms with Crippen molar-refractivity contribution in [3.8, 4) is 11.5 Å². The van der Waals surface area contributed by atoms with Gasteiger partial charge in [0.05, 0.1) is 8.95 Å². The van der Waals surface area contributed by atoms with Gasteiger partial charge in [-0.1, -0.05) is 18.5 Å². The van der Waals surface area contributed by atoms with E-state index < -0.39 is 5.82 Å². The van der Waals surface area contributed by atoms with Crippen molar-refractivity contribution in [2.24, 2.45) is 0 Å². The van der Waals surface area contributed by atoms with Gasteiger partial charge in [0.2, 0.25) is 0 Å². The van der Waals surface area contributed by atoms with Gasteiger partial charge in [0, 0.05) is 94.9 Å². The molecule has 6 nitrogen and oxygen atoms in total. The molecule has 0 bridgehead atoms. The first-order valence-corrected chi connectivity index (χ1v) is 18.8. The molecular formula is C34H35Br3ClF3N3O3S4U-. The van der Waals surface area contributed by atoms with Gasteiger partial charge < -0.3 is 24.5 Å². The largest absolute Gasteiger partial charge is 0.507 e. The van der Waals surface area contributed by atoms with E-state index in [1.807, 2.05) is 25.1 Å². The molecule has 0 heterocycles. The average Bonchev–Trinajstić information content (AvgIpc) is 3.05. The molecule has 1 N–H and O–H groups in total. The molecule has 4 rings (SSSR count). The van der Waals surface area contributed by atoms with Crippen molar-refractivity contribution in [1.29, 1.82) is 0 Å². The first kappa shape index (κ1) is 53.1. The molecule has 0 aliphatic heterocycles. The zero-order valence-electron chi connectivity index (χ0n) is 28.9. The normalized spacial score (nSPS) is 9.29. The molecule has 0 saturated heterocycles. The average molecular weight is 1230 g/mol. The number of amides is 1. The molecule has 0 saturated carbocycles. The molecule has 0 atom stereocenters. The molecule has 0 fully saturated rings. The van der Waals surface area contributed by atoms with E-state index >= 15 is 0 Å². The molecule has 0 radical (unpaired) electrons. The van der Waals surface area contributed by atoms with Gasteiger partial charge in [-0.25, -0.2) is 25.8 Å². The van der Waals surface area contributed by atoms with E-state index in [1.165, 1.54) is 46.9 Å².